The first-order chi connectivity index (χ1) is 8.18. The molecule has 1 atom stereocenters. The minimum Gasteiger partial charge on any atom is -0.323 e. The number of hydrogen-bond donors (Lipinski definition) is 1. The Kier molecular flexibility index (Phi) is 2.40. The van der Waals surface area contributed by atoms with Crippen LogP contribution in [0.3, 0.4) is 0 Å². The minimum absolute atomic E-state index is 0.00278. The average Bonchev–Trinajstić information content (AvgIpc) is 3.08. The van der Waals surface area contributed by atoms with Gasteiger partial charge in [0, 0.05) is 12.2 Å². The molecule has 0 aromatic carbocycles. The highest BCUT2D eigenvalue weighted by atomic mass is 15.2. The first-order valence-electron chi connectivity index (χ1n) is 6.26. The van der Waals surface area contributed by atoms with Crippen LogP contribution in [0, 0.1) is 5.92 Å². The molecule has 0 saturated heterocycles. The topological polar surface area (TPSA) is 56.7 Å². The van der Waals surface area contributed by atoms with Gasteiger partial charge in [0.15, 0.2) is 0 Å². The molecule has 1 aliphatic carbocycles. The summed E-state index contributed by atoms with van der Waals surface area (Å²) in [5.74, 6) is 1.42. The van der Waals surface area contributed by atoms with Gasteiger partial charge in [-0.1, -0.05) is 13.8 Å². The summed E-state index contributed by atoms with van der Waals surface area (Å²) in [4.78, 5) is 8.81. The van der Waals surface area contributed by atoms with E-state index in [4.69, 9.17) is 5.73 Å². The summed E-state index contributed by atoms with van der Waals surface area (Å²) in [5, 5.41) is 0. The number of imidazole rings is 1. The quantitative estimate of drug-likeness (QED) is 0.881. The van der Waals surface area contributed by atoms with E-state index < -0.39 is 0 Å². The maximum Gasteiger partial charge on any atom is 0.127 e. The van der Waals surface area contributed by atoms with Crippen LogP contribution in [0.2, 0.25) is 0 Å². The van der Waals surface area contributed by atoms with Crippen LogP contribution in [0.25, 0.3) is 11.0 Å². The molecule has 2 aromatic rings. The molecule has 0 amide bonds. The number of fused-ring (bicyclic) bond motifs is 1. The Bertz CT molecular complexity index is 539. The maximum absolute atomic E-state index is 6.26. The molecule has 1 fully saturated rings. The first-order valence-corrected chi connectivity index (χ1v) is 6.26. The fraction of sp³-hybridized carbons (Fsp3) is 0.538. The van der Waals surface area contributed by atoms with Gasteiger partial charge in [0.25, 0.3) is 0 Å². The number of rotatable bonds is 3. The molecular formula is C13H18N4. The Balaban J connectivity index is 2.19. The predicted molar refractivity (Wildman–Crippen MR) is 67.6 cm³/mol. The second kappa shape index (κ2) is 3.81. The van der Waals surface area contributed by atoms with Crippen molar-refractivity contribution in [1.82, 2.24) is 14.5 Å². The lowest BCUT2D eigenvalue weighted by molar-refractivity contribution is 0.470. The molecule has 1 saturated carbocycles. The van der Waals surface area contributed by atoms with Crippen molar-refractivity contribution in [2.75, 3.05) is 0 Å². The first kappa shape index (κ1) is 10.7. The highest BCUT2D eigenvalue weighted by molar-refractivity contribution is 5.75. The van der Waals surface area contributed by atoms with E-state index in [0.29, 0.717) is 12.0 Å². The Hall–Kier alpha value is -1.42. The van der Waals surface area contributed by atoms with Gasteiger partial charge in [-0.05, 0) is 24.8 Å². The summed E-state index contributed by atoms with van der Waals surface area (Å²) in [6.45, 7) is 4.28. The molecule has 0 bridgehead atoms. The SMILES string of the molecule is CC(C)[C@@H](N)c1nc2cnccc2n1C1CC1. The highest BCUT2D eigenvalue weighted by Crippen LogP contribution is 2.40. The van der Waals surface area contributed by atoms with Crippen LogP contribution in [0.4, 0.5) is 0 Å². The van der Waals surface area contributed by atoms with E-state index in [-0.39, 0.29) is 6.04 Å². The number of aromatic nitrogens is 3. The van der Waals surface area contributed by atoms with Gasteiger partial charge in [-0.2, -0.15) is 0 Å². The van der Waals surface area contributed by atoms with Gasteiger partial charge in [0.05, 0.1) is 17.8 Å². The van der Waals surface area contributed by atoms with Crippen LogP contribution in [0.5, 0.6) is 0 Å². The molecule has 4 nitrogen and oxygen atoms in total. The number of hydrogen-bond acceptors (Lipinski definition) is 3. The van der Waals surface area contributed by atoms with Gasteiger partial charge in [-0.25, -0.2) is 4.98 Å². The molecule has 90 valence electrons. The molecule has 2 aromatic heterocycles. The largest absolute Gasteiger partial charge is 0.323 e. The van der Waals surface area contributed by atoms with Crippen molar-refractivity contribution < 1.29 is 0 Å². The summed E-state index contributed by atoms with van der Waals surface area (Å²) < 4.78 is 2.32. The molecule has 0 spiro atoms. The number of pyridine rings is 1. The van der Waals surface area contributed by atoms with Crippen molar-refractivity contribution in [1.29, 1.82) is 0 Å². The molecule has 4 heteroatoms. The van der Waals surface area contributed by atoms with Gasteiger partial charge in [0.1, 0.15) is 11.3 Å². The molecule has 0 radical (unpaired) electrons. The zero-order valence-corrected chi connectivity index (χ0v) is 10.3. The predicted octanol–water partition coefficient (Wildman–Crippen LogP) is 2.42. The molecular weight excluding hydrogens is 212 g/mol. The Morgan fingerprint density at radius 3 is 2.82 bits per heavy atom. The van der Waals surface area contributed by atoms with Crippen molar-refractivity contribution in [3.8, 4) is 0 Å². The van der Waals surface area contributed by atoms with E-state index in [2.05, 4.69) is 28.4 Å². The summed E-state index contributed by atoms with van der Waals surface area (Å²) >= 11 is 0. The Morgan fingerprint density at radius 2 is 2.18 bits per heavy atom. The lowest BCUT2D eigenvalue weighted by Crippen LogP contribution is -2.21. The van der Waals surface area contributed by atoms with Crippen LogP contribution in [-0.2, 0) is 0 Å². The zero-order valence-electron chi connectivity index (χ0n) is 10.3. The van der Waals surface area contributed by atoms with Gasteiger partial charge in [-0.3, -0.25) is 4.98 Å². The lowest BCUT2D eigenvalue weighted by Gasteiger charge is -2.17. The summed E-state index contributed by atoms with van der Waals surface area (Å²) in [7, 11) is 0. The monoisotopic (exact) mass is 230 g/mol. The second-order valence-corrected chi connectivity index (χ2v) is 5.21. The number of nitrogens with two attached hydrogens (primary N) is 1. The van der Waals surface area contributed by atoms with Crippen molar-refractivity contribution in [3.63, 3.8) is 0 Å². The summed E-state index contributed by atoms with van der Waals surface area (Å²) in [6, 6.07) is 2.64. The van der Waals surface area contributed by atoms with Gasteiger partial charge >= 0.3 is 0 Å². The zero-order chi connectivity index (χ0) is 12.0. The van der Waals surface area contributed by atoms with E-state index in [1.54, 1.807) is 0 Å². The van der Waals surface area contributed by atoms with Crippen LogP contribution in [0.1, 0.15) is 44.6 Å². The third-order valence-electron chi connectivity index (χ3n) is 3.45. The highest BCUT2D eigenvalue weighted by Gasteiger charge is 2.30. The summed E-state index contributed by atoms with van der Waals surface area (Å²) in [5.41, 5.74) is 8.40. The minimum atomic E-state index is 0.00278. The smallest absolute Gasteiger partial charge is 0.127 e. The molecule has 1 aliphatic rings. The second-order valence-electron chi connectivity index (χ2n) is 5.21. The molecule has 2 N–H and O–H groups in total. The van der Waals surface area contributed by atoms with Gasteiger partial charge < -0.3 is 10.3 Å². The Labute approximate surface area is 101 Å². The van der Waals surface area contributed by atoms with Gasteiger partial charge in [-0.15, -0.1) is 0 Å². The van der Waals surface area contributed by atoms with E-state index in [1.165, 1.54) is 18.4 Å². The molecule has 0 unspecified atom stereocenters. The number of nitrogens with zero attached hydrogens (tertiary/aromatic N) is 3. The van der Waals surface area contributed by atoms with Crippen LogP contribution < -0.4 is 5.73 Å². The van der Waals surface area contributed by atoms with E-state index >= 15 is 0 Å². The fourth-order valence-electron chi connectivity index (χ4n) is 2.22. The fourth-order valence-corrected chi connectivity index (χ4v) is 2.22. The van der Waals surface area contributed by atoms with E-state index in [1.807, 2.05) is 18.5 Å². The summed E-state index contributed by atoms with van der Waals surface area (Å²) in [6.07, 6.45) is 6.13. The molecule has 0 aliphatic heterocycles. The van der Waals surface area contributed by atoms with E-state index in [0.717, 1.165) is 11.3 Å². The third-order valence-corrected chi connectivity index (χ3v) is 3.45. The maximum atomic E-state index is 6.26. The van der Waals surface area contributed by atoms with Gasteiger partial charge in [0.2, 0.25) is 0 Å². The molecule has 17 heavy (non-hydrogen) atoms. The van der Waals surface area contributed by atoms with Crippen molar-refractivity contribution in [3.05, 3.63) is 24.3 Å². The lowest BCUT2D eigenvalue weighted by atomic mass is 10.1. The van der Waals surface area contributed by atoms with E-state index in [9.17, 15) is 0 Å². The van der Waals surface area contributed by atoms with Crippen molar-refractivity contribution >= 4 is 11.0 Å². The van der Waals surface area contributed by atoms with Crippen LogP contribution in [-0.4, -0.2) is 14.5 Å². The normalized spacial score (nSPS) is 17.9. The van der Waals surface area contributed by atoms with Crippen molar-refractivity contribution in [2.24, 2.45) is 11.7 Å². The Morgan fingerprint density at radius 1 is 1.41 bits per heavy atom. The average molecular weight is 230 g/mol. The van der Waals surface area contributed by atoms with Crippen LogP contribution >= 0.6 is 0 Å². The van der Waals surface area contributed by atoms with Crippen molar-refractivity contribution in [2.45, 2.75) is 38.8 Å². The molecule has 3 rings (SSSR count). The van der Waals surface area contributed by atoms with Crippen LogP contribution in [0.15, 0.2) is 18.5 Å². The molecule has 2 heterocycles. The standard InChI is InChI=1S/C13H18N4/c1-8(2)12(14)13-16-10-7-15-6-5-11(10)17(13)9-3-4-9/h5-9,12H,3-4,14H2,1-2H3/t12-/m1/s1. The third kappa shape index (κ3) is 1.72.